The van der Waals surface area contributed by atoms with E-state index in [1.165, 1.54) is 11.1 Å². The Hall–Kier alpha value is -2.94. The first-order valence-electron chi connectivity index (χ1n) is 13.7. The Morgan fingerprint density at radius 3 is 2.55 bits per heavy atom. The van der Waals surface area contributed by atoms with E-state index >= 15 is 0 Å². The Balaban J connectivity index is 1.34. The van der Waals surface area contributed by atoms with Crippen LogP contribution in [0.2, 0.25) is 0 Å². The molecule has 0 saturated carbocycles. The minimum atomic E-state index is -3.66. The van der Waals surface area contributed by atoms with E-state index < -0.39 is 16.1 Å². The predicted molar refractivity (Wildman–Crippen MR) is 153 cm³/mol. The molecule has 8 heteroatoms. The Bertz CT molecular complexity index is 1420. The fourth-order valence-electron chi connectivity index (χ4n) is 5.98. The fraction of sp³-hybridized carbons (Fsp3) is 0.433. The van der Waals surface area contributed by atoms with E-state index in [9.17, 15) is 13.2 Å². The van der Waals surface area contributed by atoms with Crippen molar-refractivity contribution in [2.75, 3.05) is 38.5 Å². The zero-order chi connectivity index (χ0) is 26.8. The molecule has 38 heavy (non-hydrogen) atoms. The largest absolute Gasteiger partial charge is 0.361 e. The van der Waals surface area contributed by atoms with Gasteiger partial charge in [0.2, 0.25) is 15.9 Å². The van der Waals surface area contributed by atoms with Crippen molar-refractivity contribution >= 4 is 32.9 Å². The quantitative estimate of drug-likeness (QED) is 0.413. The van der Waals surface area contributed by atoms with Crippen LogP contribution in [0.15, 0.2) is 60.8 Å². The smallest absolute Gasteiger partial charge is 0.241 e. The van der Waals surface area contributed by atoms with E-state index in [-0.39, 0.29) is 17.1 Å². The number of allylic oxidation sites excluding steroid dienone is 1. The summed E-state index contributed by atoms with van der Waals surface area (Å²) < 4.78 is 29.1. The summed E-state index contributed by atoms with van der Waals surface area (Å²) in [6.07, 6.45) is 8.34. The van der Waals surface area contributed by atoms with Gasteiger partial charge in [-0.3, -0.25) is 4.79 Å². The van der Waals surface area contributed by atoms with E-state index in [1.807, 2.05) is 49.2 Å². The number of amides is 1. The maximum Gasteiger partial charge on any atom is 0.241 e. The number of nitrogens with one attached hydrogen (secondary N) is 2. The lowest BCUT2D eigenvalue weighted by molar-refractivity contribution is -0.134. The van der Waals surface area contributed by atoms with Crippen molar-refractivity contribution in [2.24, 2.45) is 0 Å². The van der Waals surface area contributed by atoms with Crippen molar-refractivity contribution in [1.82, 2.24) is 19.5 Å². The van der Waals surface area contributed by atoms with Crippen LogP contribution in [0.4, 0.5) is 0 Å². The van der Waals surface area contributed by atoms with Crippen LogP contribution >= 0.6 is 0 Å². The van der Waals surface area contributed by atoms with Crippen LogP contribution in [0.3, 0.4) is 0 Å². The van der Waals surface area contributed by atoms with E-state index in [0.717, 1.165) is 42.4 Å². The molecular weight excluding hydrogens is 496 g/mol. The number of hydrogen-bond donors (Lipinski definition) is 2. The van der Waals surface area contributed by atoms with Gasteiger partial charge >= 0.3 is 0 Å². The zero-order valence-corrected chi connectivity index (χ0v) is 23.1. The second-order valence-electron chi connectivity index (χ2n) is 10.5. The number of sulfonamides is 1. The molecule has 1 saturated heterocycles. The second-order valence-corrected chi connectivity index (χ2v) is 12.4. The number of para-hydroxylation sites is 1. The molecule has 7 nitrogen and oxygen atoms in total. The number of nitrogens with zero attached hydrogens (tertiary/aromatic N) is 2. The molecule has 2 aliphatic rings. The third kappa shape index (κ3) is 5.44. The van der Waals surface area contributed by atoms with Crippen LogP contribution in [-0.4, -0.2) is 73.6 Å². The molecule has 3 aromatic rings. The van der Waals surface area contributed by atoms with Gasteiger partial charge in [0.25, 0.3) is 0 Å². The minimum absolute atomic E-state index is 0.0307. The number of piperidine rings is 1. The fourth-order valence-corrected chi connectivity index (χ4v) is 7.22. The summed E-state index contributed by atoms with van der Waals surface area (Å²) in [6.45, 7) is 7.26. The van der Waals surface area contributed by atoms with Crippen molar-refractivity contribution in [2.45, 2.75) is 44.6 Å². The average molecular weight is 535 g/mol. The SMILES string of the molecule is CCN(CC)CCS(=O)(=O)NC(Cc1c[nH]c2ccccc12)C(=O)N1CCC2(C=Cc3ccccc32)CC1. The summed E-state index contributed by atoms with van der Waals surface area (Å²) in [5, 5.41) is 1.01. The van der Waals surface area contributed by atoms with E-state index in [2.05, 4.69) is 51.0 Å². The summed E-state index contributed by atoms with van der Waals surface area (Å²) >= 11 is 0. The van der Waals surface area contributed by atoms with Gasteiger partial charge in [-0.05, 0) is 55.1 Å². The Morgan fingerprint density at radius 2 is 1.79 bits per heavy atom. The van der Waals surface area contributed by atoms with Crippen molar-refractivity contribution in [1.29, 1.82) is 0 Å². The molecule has 1 aliphatic carbocycles. The first-order valence-corrected chi connectivity index (χ1v) is 15.3. The summed E-state index contributed by atoms with van der Waals surface area (Å²) in [7, 11) is -3.66. The highest BCUT2D eigenvalue weighted by Gasteiger charge is 2.40. The van der Waals surface area contributed by atoms with Gasteiger partial charge < -0.3 is 14.8 Å². The number of H-pyrrole nitrogens is 1. The molecule has 202 valence electrons. The maximum absolute atomic E-state index is 13.9. The molecule has 1 aromatic heterocycles. The lowest BCUT2D eigenvalue weighted by atomic mass is 9.74. The van der Waals surface area contributed by atoms with Crippen LogP contribution in [0.5, 0.6) is 0 Å². The van der Waals surface area contributed by atoms with E-state index in [4.69, 9.17) is 0 Å². The third-order valence-electron chi connectivity index (χ3n) is 8.34. The Kier molecular flexibility index (Phi) is 7.75. The predicted octanol–water partition coefficient (Wildman–Crippen LogP) is 3.93. The molecule has 1 aliphatic heterocycles. The number of hydrogen-bond acceptors (Lipinski definition) is 4. The number of aromatic nitrogens is 1. The van der Waals surface area contributed by atoms with E-state index in [0.29, 0.717) is 26.1 Å². The summed E-state index contributed by atoms with van der Waals surface area (Å²) in [5.41, 5.74) is 4.46. The van der Waals surface area contributed by atoms with Gasteiger partial charge in [0.1, 0.15) is 6.04 Å². The highest BCUT2D eigenvalue weighted by atomic mass is 32.2. The van der Waals surface area contributed by atoms with Gasteiger partial charge in [0, 0.05) is 42.1 Å². The van der Waals surface area contributed by atoms with Gasteiger partial charge in [-0.15, -0.1) is 0 Å². The number of carbonyl (C=O) groups is 1. The molecule has 2 heterocycles. The molecule has 1 fully saturated rings. The first-order chi connectivity index (χ1) is 18.3. The highest BCUT2D eigenvalue weighted by Crippen LogP contribution is 2.43. The van der Waals surface area contributed by atoms with Crippen LogP contribution in [-0.2, 0) is 26.7 Å². The zero-order valence-electron chi connectivity index (χ0n) is 22.3. The number of fused-ring (bicyclic) bond motifs is 3. The topological polar surface area (TPSA) is 85.5 Å². The molecular formula is C30H38N4O3S. The lowest BCUT2D eigenvalue weighted by Crippen LogP contribution is -2.53. The van der Waals surface area contributed by atoms with Crippen LogP contribution in [0.25, 0.3) is 17.0 Å². The van der Waals surface area contributed by atoms with Gasteiger partial charge in [-0.25, -0.2) is 13.1 Å². The highest BCUT2D eigenvalue weighted by molar-refractivity contribution is 7.89. The van der Waals surface area contributed by atoms with Crippen LogP contribution in [0, 0.1) is 0 Å². The Labute approximate surface area is 226 Å². The first kappa shape index (κ1) is 26.7. The normalized spacial score (nSPS) is 17.4. The van der Waals surface area contributed by atoms with Crippen molar-refractivity contribution in [3.63, 3.8) is 0 Å². The number of benzene rings is 2. The molecule has 1 atom stereocenters. The van der Waals surface area contributed by atoms with Gasteiger partial charge in [-0.1, -0.05) is 68.5 Å². The monoisotopic (exact) mass is 534 g/mol. The number of rotatable bonds is 10. The molecule has 1 spiro atoms. The molecule has 0 bridgehead atoms. The van der Waals surface area contributed by atoms with E-state index in [1.54, 1.807) is 0 Å². The number of carbonyl (C=O) groups excluding carboxylic acids is 1. The van der Waals surface area contributed by atoms with Crippen LogP contribution < -0.4 is 4.72 Å². The van der Waals surface area contributed by atoms with Gasteiger partial charge in [0.15, 0.2) is 0 Å². The van der Waals surface area contributed by atoms with Crippen molar-refractivity contribution in [3.8, 4) is 0 Å². The van der Waals surface area contributed by atoms with Gasteiger partial charge in [0.05, 0.1) is 5.75 Å². The van der Waals surface area contributed by atoms with Crippen molar-refractivity contribution in [3.05, 3.63) is 77.5 Å². The molecule has 1 amide bonds. The maximum atomic E-state index is 13.9. The lowest BCUT2D eigenvalue weighted by Gasteiger charge is -2.40. The standard InChI is InChI=1S/C30H38N4O3S/c1-3-33(4-2)19-20-38(36,37)32-28(21-24-22-31-27-12-8-6-10-25(24)27)29(35)34-17-15-30(16-18-34)14-13-23-9-5-7-11-26(23)30/h5-14,22,28,31-32H,3-4,15-21H2,1-2H3. The molecule has 5 rings (SSSR count). The molecule has 1 unspecified atom stereocenters. The summed E-state index contributed by atoms with van der Waals surface area (Å²) in [4.78, 5) is 21.1. The molecule has 2 aromatic carbocycles. The van der Waals surface area contributed by atoms with Gasteiger partial charge in [-0.2, -0.15) is 0 Å². The second kappa shape index (κ2) is 11.0. The Morgan fingerprint density at radius 1 is 1.08 bits per heavy atom. The van der Waals surface area contributed by atoms with Crippen LogP contribution in [0.1, 0.15) is 43.4 Å². The molecule has 0 radical (unpaired) electrons. The number of likely N-dealkylation sites (tertiary alicyclic amines) is 1. The van der Waals surface area contributed by atoms with Crippen molar-refractivity contribution < 1.29 is 13.2 Å². The minimum Gasteiger partial charge on any atom is -0.361 e. The number of aromatic amines is 1. The molecule has 2 N–H and O–H groups in total. The average Bonchev–Trinajstić information content (AvgIpc) is 3.51. The summed E-state index contributed by atoms with van der Waals surface area (Å²) in [5.74, 6) is -0.177. The summed E-state index contributed by atoms with van der Waals surface area (Å²) in [6, 6.07) is 15.5. The third-order valence-corrected chi connectivity index (χ3v) is 9.70.